The number of ketones is 1. The number of carbonyl (C=O) groups excluding carboxylic acids is 1. The van der Waals surface area contributed by atoms with Crippen molar-refractivity contribution in [3.63, 3.8) is 0 Å². The monoisotopic (exact) mass is 283 g/mol. The standard InChI is InChI=1S/C14H18ClNOS/c1-3-12-9-16(6-7-18-12)11-4-5-13(10(2)17)14(15)8-11/h4-5,8,12H,3,6-7,9H2,1-2H3. The Labute approximate surface area is 118 Å². The summed E-state index contributed by atoms with van der Waals surface area (Å²) in [5.74, 6) is 1.18. The number of thioether (sulfide) groups is 1. The third-order valence-corrected chi connectivity index (χ3v) is 4.98. The quantitative estimate of drug-likeness (QED) is 0.786. The molecule has 2 nitrogen and oxygen atoms in total. The average Bonchev–Trinajstić information content (AvgIpc) is 2.38. The molecule has 0 N–H and O–H groups in total. The first-order valence-electron chi connectivity index (χ1n) is 6.29. The van der Waals surface area contributed by atoms with Crippen LogP contribution >= 0.6 is 23.4 Å². The minimum absolute atomic E-state index is 0.0205. The summed E-state index contributed by atoms with van der Waals surface area (Å²) >= 11 is 8.21. The maximum absolute atomic E-state index is 11.4. The molecule has 2 rings (SSSR count). The fraction of sp³-hybridized carbons (Fsp3) is 0.500. The first-order chi connectivity index (χ1) is 8.61. The topological polar surface area (TPSA) is 20.3 Å². The molecule has 0 aliphatic carbocycles. The SMILES string of the molecule is CCC1CN(c2ccc(C(C)=O)c(Cl)c2)CCS1. The van der Waals surface area contributed by atoms with Crippen LogP contribution in [0.2, 0.25) is 5.02 Å². The predicted octanol–water partition coefficient (Wildman–Crippen LogP) is 3.87. The van der Waals surface area contributed by atoms with E-state index in [1.807, 2.05) is 30.0 Å². The number of halogens is 1. The van der Waals surface area contributed by atoms with Crippen molar-refractivity contribution >= 4 is 34.8 Å². The van der Waals surface area contributed by atoms with E-state index < -0.39 is 0 Å². The molecule has 0 radical (unpaired) electrons. The van der Waals surface area contributed by atoms with E-state index in [0.717, 1.165) is 24.5 Å². The lowest BCUT2D eigenvalue weighted by atomic mass is 10.1. The average molecular weight is 284 g/mol. The summed E-state index contributed by atoms with van der Waals surface area (Å²) in [6, 6.07) is 5.76. The third-order valence-electron chi connectivity index (χ3n) is 3.29. The van der Waals surface area contributed by atoms with E-state index in [-0.39, 0.29) is 5.78 Å². The minimum Gasteiger partial charge on any atom is -0.370 e. The molecule has 4 heteroatoms. The number of benzene rings is 1. The van der Waals surface area contributed by atoms with Gasteiger partial charge in [-0.3, -0.25) is 4.79 Å². The normalized spacial score (nSPS) is 19.9. The maximum atomic E-state index is 11.4. The lowest BCUT2D eigenvalue weighted by Gasteiger charge is -2.33. The molecule has 1 unspecified atom stereocenters. The maximum Gasteiger partial charge on any atom is 0.161 e. The summed E-state index contributed by atoms with van der Waals surface area (Å²) in [5, 5.41) is 1.26. The van der Waals surface area contributed by atoms with Gasteiger partial charge in [0, 0.05) is 35.3 Å². The number of nitrogens with zero attached hydrogens (tertiary/aromatic N) is 1. The van der Waals surface area contributed by atoms with E-state index in [0.29, 0.717) is 15.8 Å². The second-order valence-electron chi connectivity index (χ2n) is 4.57. The van der Waals surface area contributed by atoms with Gasteiger partial charge in [-0.15, -0.1) is 0 Å². The Hall–Kier alpha value is -0.670. The van der Waals surface area contributed by atoms with E-state index in [9.17, 15) is 4.79 Å². The summed E-state index contributed by atoms with van der Waals surface area (Å²) in [4.78, 5) is 13.7. The molecule has 1 aliphatic rings. The first-order valence-corrected chi connectivity index (χ1v) is 7.71. The Morgan fingerprint density at radius 2 is 2.33 bits per heavy atom. The minimum atomic E-state index is 0.0205. The van der Waals surface area contributed by atoms with Crippen LogP contribution in [-0.2, 0) is 0 Å². The number of hydrogen-bond acceptors (Lipinski definition) is 3. The molecule has 0 spiro atoms. The van der Waals surface area contributed by atoms with Crippen LogP contribution in [0.4, 0.5) is 5.69 Å². The second-order valence-corrected chi connectivity index (χ2v) is 6.38. The molecular formula is C14H18ClNOS. The van der Waals surface area contributed by atoms with E-state index >= 15 is 0 Å². The molecule has 1 fully saturated rings. The van der Waals surface area contributed by atoms with Crippen molar-refractivity contribution in [3.05, 3.63) is 28.8 Å². The molecule has 0 amide bonds. The molecule has 0 bridgehead atoms. The van der Waals surface area contributed by atoms with Crippen molar-refractivity contribution in [2.45, 2.75) is 25.5 Å². The molecule has 1 aliphatic heterocycles. The number of anilines is 1. The zero-order valence-corrected chi connectivity index (χ0v) is 12.4. The fourth-order valence-electron chi connectivity index (χ4n) is 2.19. The van der Waals surface area contributed by atoms with Crippen molar-refractivity contribution in [3.8, 4) is 0 Å². The van der Waals surface area contributed by atoms with Gasteiger partial charge >= 0.3 is 0 Å². The van der Waals surface area contributed by atoms with Crippen LogP contribution in [0.25, 0.3) is 0 Å². The van der Waals surface area contributed by atoms with Gasteiger partial charge in [0.2, 0.25) is 0 Å². The molecular weight excluding hydrogens is 266 g/mol. The summed E-state index contributed by atoms with van der Waals surface area (Å²) < 4.78 is 0. The fourth-order valence-corrected chi connectivity index (χ4v) is 3.68. The second kappa shape index (κ2) is 5.98. The molecule has 1 saturated heterocycles. The van der Waals surface area contributed by atoms with Gasteiger partial charge in [-0.25, -0.2) is 0 Å². The molecule has 1 atom stereocenters. The van der Waals surface area contributed by atoms with Crippen LogP contribution in [-0.4, -0.2) is 29.9 Å². The first kappa shape index (κ1) is 13.8. The van der Waals surface area contributed by atoms with Crippen molar-refractivity contribution in [1.82, 2.24) is 0 Å². The Balaban J connectivity index is 2.18. The Bertz CT molecular complexity index is 449. The summed E-state index contributed by atoms with van der Waals surface area (Å²) in [7, 11) is 0. The van der Waals surface area contributed by atoms with Crippen molar-refractivity contribution in [2.75, 3.05) is 23.7 Å². The lowest BCUT2D eigenvalue weighted by Crippen LogP contribution is -2.37. The molecule has 1 heterocycles. The van der Waals surface area contributed by atoms with Gasteiger partial charge in [0.05, 0.1) is 5.02 Å². The smallest absolute Gasteiger partial charge is 0.161 e. The predicted molar refractivity (Wildman–Crippen MR) is 80.2 cm³/mol. The molecule has 0 saturated carbocycles. The van der Waals surface area contributed by atoms with Crippen molar-refractivity contribution < 1.29 is 4.79 Å². The largest absolute Gasteiger partial charge is 0.370 e. The highest BCUT2D eigenvalue weighted by molar-refractivity contribution is 8.00. The van der Waals surface area contributed by atoms with E-state index in [4.69, 9.17) is 11.6 Å². The van der Waals surface area contributed by atoms with Gasteiger partial charge in [0.1, 0.15) is 0 Å². The molecule has 18 heavy (non-hydrogen) atoms. The van der Waals surface area contributed by atoms with Crippen LogP contribution in [0, 0.1) is 0 Å². The molecule has 98 valence electrons. The van der Waals surface area contributed by atoms with E-state index in [2.05, 4.69) is 11.8 Å². The number of rotatable bonds is 3. The van der Waals surface area contributed by atoms with Crippen LogP contribution in [0.15, 0.2) is 18.2 Å². The highest BCUT2D eigenvalue weighted by Gasteiger charge is 2.20. The van der Waals surface area contributed by atoms with Crippen LogP contribution in [0.1, 0.15) is 30.6 Å². The van der Waals surface area contributed by atoms with Crippen LogP contribution in [0.3, 0.4) is 0 Å². The van der Waals surface area contributed by atoms with E-state index in [1.54, 1.807) is 6.92 Å². The zero-order valence-electron chi connectivity index (χ0n) is 10.8. The van der Waals surface area contributed by atoms with Crippen molar-refractivity contribution in [2.24, 2.45) is 0 Å². The van der Waals surface area contributed by atoms with Gasteiger partial charge in [0.15, 0.2) is 5.78 Å². The Kier molecular flexibility index (Phi) is 4.57. The van der Waals surface area contributed by atoms with Gasteiger partial charge in [-0.05, 0) is 31.5 Å². The third kappa shape index (κ3) is 3.01. The number of Topliss-reactive ketones (excluding diaryl/α,β-unsaturated/α-hetero) is 1. The van der Waals surface area contributed by atoms with Crippen LogP contribution in [0.5, 0.6) is 0 Å². The molecule has 0 aromatic heterocycles. The van der Waals surface area contributed by atoms with Crippen LogP contribution < -0.4 is 4.90 Å². The number of hydrogen-bond donors (Lipinski definition) is 0. The lowest BCUT2D eigenvalue weighted by molar-refractivity contribution is 0.101. The molecule has 1 aromatic carbocycles. The molecule has 1 aromatic rings. The van der Waals surface area contributed by atoms with Gasteiger partial charge < -0.3 is 4.90 Å². The Morgan fingerprint density at radius 3 is 2.94 bits per heavy atom. The van der Waals surface area contributed by atoms with Gasteiger partial charge in [0.25, 0.3) is 0 Å². The summed E-state index contributed by atoms with van der Waals surface area (Å²) in [6.45, 7) is 5.90. The summed E-state index contributed by atoms with van der Waals surface area (Å²) in [5.41, 5.74) is 1.74. The highest BCUT2D eigenvalue weighted by atomic mass is 35.5. The van der Waals surface area contributed by atoms with Gasteiger partial charge in [-0.1, -0.05) is 18.5 Å². The highest BCUT2D eigenvalue weighted by Crippen LogP contribution is 2.29. The Morgan fingerprint density at radius 1 is 1.56 bits per heavy atom. The van der Waals surface area contributed by atoms with E-state index in [1.165, 1.54) is 6.42 Å². The summed E-state index contributed by atoms with van der Waals surface area (Å²) in [6.07, 6.45) is 1.19. The van der Waals surface area contributed by atoms with Gasteiger partial charge in [-0.2, -0.15) is 11.8 Å². The number of carbonyl (C=O) groups is 1. The zero-order chi connectivity index (χ0) is 13.1. The van der Waals surface area contributed by atoms with Crippen molar-refractivity contribution in [1.29, 1.82) is 0 Å².